The highest BCUT2D eigenvalue weighted by atomic mass is 35.5. The van der Waals surface area contributed by atoms with Gasteiger partial charge in [0, 0.05) is 23.0 Å². The molecule has 1 fully saturated rings. The molecule has 2 aromatic rings. The van der Waals surface area contributed by atoms with Gasteiger partial charge in [-0.15, -0.1) is 0 Å². The summed E-state index contributed by atoms with van der Waals surface area (Å²) < 4.78 is 38.5. The average molecular weight is 416 g/mol. The lowest BCUT2D eigenvalue weighted by Gasteiger charge is -2.20. The molecule has 2 aromatic carbocycles. The molecule has 136 valence electrons. The first-order chi connectivity index (χ1) is 12.3. The highest BCUT2D eigenvalue weighted by Crippen LogP contribution is 2.31. The van der Waals surface area contributed by atoms with Crippen molar-refractivity contribution in [2.75, 3.05) is 17.6 Å². The van der Waals surface area contributed by atoms with Gasteiger partial charge in [0.05, 0.1) is 11.3 Å². The molecule has 0 aliphatic carbocycles. The van der Waals surface area contributed by atoms with E-state index in [-0.39, 0.29) is 5.69 Å². The second-order valence-corrected chi connectivity index (χ2v) is 7.27. The van der Waals surface area contributed by atoms with Gasteiger partial charge >= 0.3 is 6.18 Å². The Morgan fingerprint density at radius 1 is 1.19 bits per heavy atom. The number of rotatable bonds is 2. The summed E-state index contributed by atoms with van der Waals surface area (Å²) in [5, 5.41) is 4.41. The van der Waals surface area contributed by atoms with Gasteiger partial charge in [-0.2, -0.15) is 13.2 Å². The van der Waals surface area contributed by atoms with Crippen molar-refractivity contribution in [2.24, 2.45) is 4.99 Å². The minimum atomic E-state index is -4.40. The first-order valence-corrected chi connectivity index (χ1v) is 9.33. The molecule has 0 atom stereocenters. The van der Waals surface area contributed by atoms with Crippen LogP contribution in [0.3, 0.4) is 0 Å². The van der Waals surface area contributed by atoms with Crippen LogP contribution >= 0.6 is 35.6 Å². The predicted octanol–water partition coefficient (Wildman–Crippen LogP) is 5.79. The summed E-state index contributed by atoms with van der Waals surface area (Å²) in [6.45, 7) is 0.620. The number of nitrogens with zero attached hydrogens (tertiary/aromatic N) is 2. The van der Waals surface area contributed by atoms with Crippen LogP contribution in [0.25, 0.3) is 0 Å². The van der Waals surface area contributed by atoms with Gasteiger partial charge in [0.1, 0.15) is 0 Å². The van der Waals surface area contributed by atoms with E-state index in [1.54, 1.807) is 29.2 Å². The van der Waals surface area contributed by atoms with Crippen molar-refractivity contribution in [1.82, 2.24) is 4.90 Å². The number of thioether (sulfide) groups is 1. The van der Waals surface area contributed by atoms with E-state index < -0.39 is 11.7 Å². The zero-order valence-corrected chi connectivity index (χ0v) is 15.6. The highest BCUT2D eigenvalue weighted by molar-refractivity contribution is 8.14. The van der Waals surface area contributed by atoms with Gasteiger partial charge in [-0.3, -0.25) is 4.90 Å². The molecule has 0 spiro atoms. The lowest BCUT2D eigenvalue weighted by Crippen LogP contribution is -2.35. The predicted molar refractivity (Wildman–Crippen MR) is 105 cm³/mol. The Balaban J connectivity index is 1.77. The normalized spacial score (nSPS) is 16.2. The van der Waals surface area contributed by atoms with Crippen LogP contribution in [-0.4, -0.2) is 27.5 Å². The molecule has 9 heteroatoms. The Hall–Kier alpha value is -1.77. The zero-order valence-electron chi connectivity index (χ0n) is 13.3. The SMILES string of the molecule is FC(F)(F)c1cccc(NC(=S)N2CCS/C2=N/c2cccc(Cl)c2)c1. The number of halogens is 4. The summed E-state index contributed by atoms with van der Waals surface area (Å²) in [6.07, 6.45) is -4.40. The van der Waals surface area contributed by atoms with Crippen molar-refractivity contribution in [3.63, 3.8) is 0 Å². The summed E-state index contributed by atoms with van der Waals surface area (Å²) in [6, 6.07) is 12.0. The maximum absolute atomic E-state index is 12.8. The van der Waals surface area contributed by atoms with Gasteiger partial charge < -0.3 is 5.32 Å². The number of nitrogens with one attached hydrogen (secondary N) is 1. The molecule has 1 heterocycles. The van der Waals surface area contributed by atoms with Crippen LogP contribution in [0.5, 0.6) is 0 Å². The maximum Gasteiger partial charge on any atom is 0.416 e. The lowest BCUT2D eigenvalue weighted by molar-refractivity contribution is -0.137. The second-order valence-electron chi connectivity index (χ2n) is 5.38. The number of benzene rings is 2. The molecule has 1 N–H and O–H groups in total. The van der Waals surface area contributed by atoms with E-state index in [2.05, 4.69) is 10.3 Å². The van der Waals surface area contributed by atoms with Gasteiger partial charge in [-0.05, 0) is 48.6 Å². The van der Waals surface area contributed by atoms with Crippen molar-refractivity contribution in [1.29, 1.82) is 0 Å². The summed E-state index contributed by atoms with van der Waals surface area (Å²) in [4.78, 5) is 6.30. The largest absolute Gasteiger partial charge is 0.416 e. The van der Waals surface area contributed by atoms with Crippen LogP contribution in [0.4, 0.5) is 24.5 Å². The minimum absolute atomic E-state index is 0.281. The number of hydrogen-bond donors (Lipinski definition) is 1. The van der Waals surface area contributed by atoms with Gasteiger partial charge in [0.2, 0.25) is 0 Å². The summed E-state index contributed by atoms with van der Waals surface area (Å²) in [5.41, 5.74) is 0.242. The molecule has 26 heavy (non-hydrogen) atoms. The number of alkyl halides is 3. The second kappa shape index (κ2) is 7.85. The van der Waals surface area contributed by atoms with E-state index in [0.29, 0.717) is 27.5 Å². The zero-order chi connectivity index (χ0) is 18.7. The van der Waals surface area contributed by atoms with Crippen molar-refractivity contribution in [3.8, 4) is 0 Å². The van der Waals surface area contributed by atoms with E-state index in [4.69, 9.17) is 23.8 Å². The molecule has 1 aliphatic heterocycles. The monoisotopic (exact) mass is 415 g/mol. The molecule has 3 nitrogen and oxygen atoms in total. The van der Waals surface area contributed by atoms with E-state index in [9.17, 15) is 13.2 Å². The molecule has 0 unspecified atom stereocenters. The van der Waals surface area contributed by atoms with Crippen LogP contribution < -0.4 is 5.32 Å². The van der Waals surface area contributed by atoms with Crippen molar-refractivity contribution in [2.45, 2.75) is 6.18 Å². The number of amidine groups is 1. The number of thiocarbonyl (C=S) groups is 1. The van der Waals surface area contributed by atoms with Crippen molar-refractivity contribution in [3.05, 3.63) is 59.1 Å². The molecular formula is C17H13ClF3N3S2. The Morgan fingerprint density at radius 2 is 1.96 bits per heavy atom. The van der Waals surface area contributed by atoms with Crippen LogP contribution in [0.15, 0.2) is 53.5 Å². The molecule has 0 radical (unpaired) electrons. The van der Waals surface area contributed by atoms with Crippen LogP contribution in [0, 0.1) is 0 Å². The Morgan fingerprint density at radius 3 is 2.69 bits per heavy atom. The molecule has 1 saturated heterocycles. The standard InChI is InChI=1S/C17H13ClF3N3S2/c18-12-4-2-6-14(10-12)23-16-24(7-8-26-16)15(25)22-13-5-1-3-11(9-13)17(19,20)21/h1-6,9-10H,7-8H2,(H,22,25)/b23-16+. The molecule has 0 amide bonds. The van der Waals surface area contributed by atoms with E-state index >= 15 is 0 Å². The first-order valence-electron chi connectivity index (χ1n) is 7.56. The third kappa shape index (κ3) is 4.69. The van der Waals surface area contributed by atoms with E-state index in [1.807, 2.05) is 6.07 Å². The van der Waals surface area contributed by atoms with Gasteiger partial charge in [0.25, 0.3) is 0 Å². The Bertz CT molecular complexity index is 855. The molecule has 0 bridgehead atoms. The Labute approximate surface area is 163 Å². The topological polar surface area (TPSA) is 27.6 Å². The molecule has 0 aromatic heterocycles. The third-order valence-corrected chi connectivity index (χ3v) is 5.01. The fourth-order valence-electron chi connectivity index (χ4n) is 2.30. The van der Waals surface area contributed by atoms with Gasteiger partial charge in [0.15, 0.2) is 10.3 Å². The summed E-state index contributed by atoms with van der Waals surface area (Å²) >= 11 is 12.9. The van der Waals surface area contributed by atoms with Gasteiger partial charge in [-0.1, -0.05) is 35.5 Å². The summed E-state index contributed by atoms with van der Waals surface area (Å²) in [5.74, 6) is 0.782. The summed E-state index contributed by atoms with van der Waals surface area (Å²) in [7, 11) is 0. The Kier molecular flexibility index (Phi) is 5.74. The van der Waals surface area contributed by atoms with E-state index in [1.165, 1.54) is 17.8 Å². The van der Waals surface area contributed by atoms with E-state index in [0.717, 1.165) is 17.9 Å². The number of hydrogen-bond acceptors (Lipinski definition) is 3. The van der Waals surface area contributed by atoms with Crippen LogP contribution in [0.1, 0.15) is 5.56 Å². The first kappa shape index (κ1) is 19.0. The van der Waals surface area contributed by atoms with Crippen molar-refractivity contribution >= 4 is 57.2 Å². The molecule has 1 aliphatic rings. The number of anilines is 1. The molecule has 3 rings (SSSR count). The smallest absolute Gasteiger partial charge is 0.332 e. The number of aliphatic imine (C=N–C) groups is 1. The molecule has 0 saturated carbocycles. The average Bonchev–Trinajstić information content (AvgIpc) is 3.02. The van der Waals surface area contributed by atoms with Crippen LogP contribution in [0.2, 0.25) is 5.02 Å². The fraction of sp³-hybridized carbons (Fsp3) is 0.176. The maximum atomic E-state index is 12.8. The molecular weight excluding hydrogens is 403 g/mol. The van der Waals surface area contributed by atoms with Crippen LogP contribution in [-0.2, 0) is 6.18 Å². The van der Waals surface area contributed by atoms with Gasteiger partial charge in [-0.25, -0.2) is 4.99 Å². The fourth-order valence-corrected chi connectivity index (χ4v) is 3.81. The highest BCUT2D eigenvalue weighted by Gasteiger charge is 2.30. The quantitative estimate of drug-likeness (QED) is 0.628. The third-order valence-electron chi connectivity index (χ3n) is 3.50. The minimum Gasteiger partial charge on any atom is -0.332 e. The lowest BCUT2D eigenvalue weighted by atomic mass is 10.2. The van der Waals surface area contributed by atoms with Crippen molar-refractivity contribution < 1.29 is 13.2 Å².